The molecule has 2 nitrogen and oxygen atoms in total. The molecule has 2 N–H and O–H groups in total. The number of hydrogen-bond donors (Lipinski definition) is 1. The van der Waals surface area contributed by atoms with Crippen LogP contribution in [0.5, 0.6) is 0 Å². The van der Waals surface area contributed by atoms with Crippen LogP contribution in [0, 0.1) is 12.7 Å². The Hall–Kier alpha value is -1.58. The minimum Gasteiger partial charge on any atom is -0.359 e. The van der Waals surface area contributed by atoms with Crippen LogP contribution in [0.2, 0.25) is 5.02 Å². The number of nitrogens with zero attached hydrogens (tertiary/aromatic N) is 1. The lowest BCUT2D eigenvalue weighted by Crippen LogP contribution is -2.27. The summed E-state index contributed by atoms with van der Waals surface area (Å²) >= 11 is 6.19. The van der Waals surface area contributed by atoms with Crippen molar-refractivity contribution < 1.29 is 4.39 Å². The zero-order valence-electron chi connectivity index (χ0n) is 11.2. The van der Waals surface area contributed by atoms with E-state index in [2.05, 4.69) is 4.90 Å². The quantitative estimate of drug-likeness (QED) is 0.911. The summed E-state index contributed by atoms with van der Waals surface area (Å²) in [6, 6.07) is 10.6. The minimum atomic E-state index is -0.232. The van der Waals surface area contributed by atoms with Crippen molar-refractivity contribution in [1.29, 1.82) is 0 Å². The van der Waals surface area contributed by atoms with Gasteiger partial charge in [0.05, 0.1) is 6.04 Å². The third-order valence-corrected chi connectivity index (χ3v) is 4.40. The predicted molar refractivity (Wildman–Crippen MR) is 80.6 cm³/mol. The zero-order chi connectivity index (χ0) is 14.3. The van der Waals surface area contributed by atoms with Gasteiger partial charge in [-0.15, -0.1) is 0 Å². The molecule has 1 unspecified atom stereocenters. The van der Waals surface area contributed by atoms with Crippen LogP contribution in [-0.4, -0.2) is 6.54 Å². The summed E-state index contributed by atoms with van der Waals surface area (Å²) in [5.74, 6) is -0.232. The predicted octanol–water partition coefficient (Wildman–Crippen LogP) is 3.81. The second kappa shape index (κ2) is 5.08. The summed E-state index contributed by atoms with van der Waals surface area (Å²) in [5.41, 5.74) is 10.3. The van der Waals surface area contributed by atoms with Gasteiger partial charge in [0.25, 0.3) is 0 Å². The Morgan fingerprint density at radius 3 is 2.85 bits per heavy atom. The highest BCUT2D eigenvalue weighted by Gasteiger charge is 2.31. The standard InChI is InChI=1S/C16H16ClFN2/c1-10-14-9-20(12-4-2-3-11(18)7-12)16(8-19)13(14)5-6-15(10)17/h2-7,16H,8-9,19H2,1H3. The van der Waals surface area contributed by atoms with Crippen molar-refractivity contribution in [2.45, 2.75) is 19.5 Å². The molecule has 3 rings (SSSR count). The number of fused-ring (bicyclic) bond motifs is 1. The van der Waals surface area contributed by atoms with E-state index in [-0.39, 0.29) is 11.9 Å². The van der Waals surface area contributed by atoms with Crippen molar-refractivity contribution >= 4 is 17.3 Å². The third kappa shape index (κ3) is 2.07. The highest BCUT2D eigenvalue weighted by Crippen LogP contribution is 2.40. The second-order valence-electron chi connectivity index (χ2n) is 5.10. The molecule has 20 heavy (non-hydrogen) atoms. The van der Waals surface area contributed by atoms with Crippen LogP contribution in [0.15, 0.2) is 36.4 Å². The van der Waals surface area contributed by atoms with Crippen LogP contribution in [-0.2, 0) is 6.54 Å². The number of hydrogen-bond acceptors (Lipinski definition) is 2. The summed E-state index contributed by atoms with van der Waals surface area (Å²) in [5, 5.41) is 0.764. The topological polar surface area (TPSA) is 29.3 Å². The van der Waals surface area contributed by atoms with E-state index in [1.54, 1.807) is 12.1 Å². The van der Waals surface area contributed by atoms with E-state index in [9.17, 15) is 4.39 Å². The van der Waals surface area contributed by atoms with Gasteiger partial charge in [0.15, 0.2) is 0 Å². The van der Waals surface area contributed by atoms with Crippen LogP contribution in [0.4, 0.5) is 10.1 Å². The highest BCUT2D eigenvalue weighted by molar-refractivity contribution is 6.31. The zero-order valence-corrected chi connectivity index (χ0v) is 12.0. The first-order valence-corrected chi connectivity index (χ1v) is 6.99. The van der Waals surface area contributed by atoms with Crippen LogP contribution in [0.25, 0.3) is 0 Å². The minimum absolute atomic E-state index is 0.0720. The molecule has 1 atom stereocenters. The van der Waals surface area contributed by atoms with E-state index >= 15 is 0 Å². The van der Waals surface area contributed by atoms with Gasteiger partial charge >= 0.3 is 0 Å². The molecule has 0 bridgehead atoms. The number of nitrogens with two attached hydrogens (primary N) is 1. The second-order valence-corrected chi connectivity index (χ2v) is 5.51. The van der Waals surface area contributed by atoms with Gasteiger partial charge in [0, 0.05) is 23.8 Å². The van der Waals surface area contributed by atoms with Crippen molar-refractivity contribution in [1.82, 2.24) is 0 Å². The van der Waals surface area contributed by atoms with E-state index in [4.69, 9.17) is 17.3 Å². The van der Waals surface area contributed by atoms with Gasteiger partial charge in [-0.3, -0.25) is 0 Å². The average Bonchev–Trinajstić information content (AvgIpc) is 2.82. The van der Waals surface area contributed by atoms with Gasteiger partial charge < -0.3 is 10.6 Å². The largest absolute Gasteiger partial charge is 0.359 e. The van der Waals surface area contributed by atoms with Crippen molar-refractivity contribution in [3.05, 3.63) is 63.9 Å². The van der Waals surface area contributed by atoms with Crippen molar-refractivity contribution in [3.63, 3.8) is 0 Å². The van der Waals surface area contributed by atoms with E-state index < -0.39 is 0 Å². The molecule has 1 aliphatic rings. The van der Waals surface area contributed by atoms with Gasteiger partial charge in [0.2, 0.25) is 0 Å². The summed E-state index contributed by atoms with van der Waals surface area (Å²) in [4.78, 5) is 2.14. The molecular weight excluding hydrogens is 275 g/mol. The molecule has 0 radical (unpaired) electrons. The fourth-order valence-electron chi connectivity index (χ4n) is 2.90. The number of anilines is 1. The van der Waals surface area contributed by atoms with E-state index in [0.717, 1.165) is 16.3 Å². The lowest BCUT2D eigenvalue weighted by Gasteiger charge is -2.26. The molecule has 0 saturated carbocycles. The summed E-state index contributed by atoms with van der Waals surface area (Å²) in [6.07, 6.45) is 0. The molecular formula is C16H16ClFN2. The van der Waals surface area contributed by atoms with Gasteiger partial charge in [0.1, 0.15) is 5.82 Å². The van der Waals surface area contributed by atoms with Gasteiger partial charge in [-0.2, -0.15) is 0 Å². The third-order valence-electron chi connectivity index (χ3n) is 4.00. The molecule has 4 heteroatoms. The van der Waals surface area contributed by atoms with Crippen LogP contribution in [0.3, 0.4) is 0 Å². The maximum atomic E-state index is 13.4. The molecule has 0 saturated heterocycles. The van der Waals surface area contributed by atoms with Crippen molar-refractivity contribution in [2.75, 3.05) is 11.4 Å². The highest BCUT2D eigenvalue weighted by atomic mass is 35.5. The SMILES string of the molecule is Cc1c(Cl)ccc2c1CN(c1cccc(F)c1)C2CN. The van der Waals surface area contributed by atoms with Gasteiger partial charge in [-0.25, -0.2) is 4.39 Å². The van der Waals surface area contributed by atoms with Crippen molar-refractivity contribution in [3.8, 4) is 0 Å². The first kappa shape index (κ1) is 13.4. The molecule has 104 valence electrons. The Kier molecular flexibility index (Phi) is 3.40. The van der Waals surface area contributed by atoms with E-state index in [0.29, 0.717) is 13.1 Å². The normalized spacial score (nSPS) is 17.4. The molecule has 1 heterocycles. The Bertz CT molecular complexity index is 657. The van der Waals surface area contributed by atoms with Gasteiger partial charge in [-0.05, 0) is 47.9 Å². The fourth-order valence-corrected chi connectivity index (χ4v) is 3.08. The molecule has 2 aromatic carbocycles. The molecule has 0 spiro atoms. The van der Waals surface area contributed by atoms with Crippen LogP contribution in [0.1, 0.15) is 22.7 Å². The molecule has 0 aliphatic carbocycles. The fraction of sp³-hybridized carbons (Fsp3) is 0.250. The monoisotopic (exact) mass is 290 g/mol. The molecule has 2 aromatic rings. The van der Waals surface area contributed by atoms with Crippen LogP contribution >= 0.6 is 11.6 Å². The van der Waals surface area contributed by atoms with Gasteiger partial charge in [-0.1, -0.05) is 23.7 Å². The first-order valence-electron chi connectivity index (χ1n) is 6.62. The molecule has 0 aromatic heterocycles. The number of rotatable bonds is 2. The maximum absolute atomic E-state index is 13.4. The number of halogens is 2. The first-order chi connectivity index (χ1) is 9.61. The van der Waals surface area contributed by atoms with Crippen molar-refractivity contribution in [2.24, 2.45) is 5.73 Å². The maximum Gasteiger partial charge on any atom is 0.125 e. The molecule has 1 aliphatic heterocycles. The Labute approximate surface area is 123 Å². The lowest BCUT2D eigenvalue weighted by molar-refractivity contribution is 0.622. The Balaban J connectivity index is 2.06. The van der Waals surface area contributed by atoms with Crippen LogP contribution < -0.4 is 10.6 Å². The smallest absolute Gasteiger partial charge is 0.125 e. The summed E-state index contributed by atoms with van der Waals surface area (Å²) in [6.45, 7) is 3.22. The summed E-state index contributed by atoms with van der Waals surface area (Å²) in [7, 11) is 0. The Morgan fingerprint density at radius 1 is 1.35 bits per heavy atom. The lowest BCUT2D eigenvalue weighted by atomic mass is 10.0. The van der Waals surface area contributed by atoms with E-state index in [1.165, 1.54) is 17.2 Å². The Morgan fingerprint density at radius 2 is 2.15 bits per heavy atom. The molecule has 0 amide bonds. The number of benzene rings is 2. The molecule has 0 fully saturated rings. The summed E-state index contributed by atoms with van der Waals surface area (Å²) < 4.78 is 13.4. The average molecular weight is 291 g/mol. The van der Waals surface area contributed by atoms with E-state index in [1.807, 2.05) is 25.1 Å².